The molecular weight excluding hydrogens is 246 g/mol. The Bertz CT molecular complexity index is 555. The van der Waals surface area contributed by atoms with Gasteiger partial charge in [0.25, 0.3) is 0 Å². The average molecular weight is 269 g/mol. The van der Waals surface area contributed by atoms with Crippen molar-refractivity contribution in [2.75, 3.05) is 6.61 Å². The van der Waals surface area contributed by atoms with Gasteiger partial charge in [-0.1, -0.05) is 42.5 Å². The van der Waals surface area contributed by atoms with E-state index in [1.54, 1.807) is 0 Å². The minimum absolute atomic E-state index is 0.103. The third-order valence-electron chi connectivity index (χ3n) is 4.30. The van der Waals surface area contributed by atoms with E-state index in [1.165, 1.54) is 35.6 Å². The molecule has 2 nitrogen and oxygen atoms in total. The highest BCUT2D eigenvalue weighted by Gasteiger charge is 2.16. The van der Waals surface area contributed by atoms with Gasteiger partial charge >= 0.3 is 0 Å². The zero-order valence-corrected chi connectivity index (χ0v) is 11.9. The van der Waals surface area contributed by atoms with Crippen molar-refractivity contribution >= 4 is 10.8 Å². The molecule has 3 rings (SSSR count). The maximum absolute atomic E-state index is 6.42. The van der Waals surface area contributed by atoms with Gasteiger partial charge in [0.05, 0.1) is 6.10 Å². The van der Waals surface area contributed by atoms with E-state index in [9.17, 15) is 0 Å². The molecule has 2 heteroatoms. The standard InChI is InChI=1S/C18H23NO/c19-18(12-11-15-8-3-4-13-20-15)17-10-5-7-14-6-1-2-9-16(14)17/h1-2,5-7,9-10,15,18H,3-4,8,11-13,19H2. The number of hydrogen-bond donors (Lipinski definition) is 1. The summed E-state index contributed by atoms with van der Waals surface area (Å²) >= 11 is 0. The van der Waals surface area contributed by atoms with Crippen LogP contribution in [0.25, 0.3) is 10.8 Å². The molecule has 0 spiro atoms. The lowest BCUT2D eigenvalue weighted by atomic mass is 9.94. The minimum Gasteiger partial charge on any atom is -0.378 e. The van der Waals surface area contributed by atoms with Gasteiger partial charge in [-0.3, -0.25) is 0 Å². The Balaban J connectivity index is 1.70. The molecule has 1 heterocycles. The summed E-state index contributed by atoms with van der Waals surface area (Å²) in [5, 5.41) is 2.56. The Hall–Kier alpha value is -1.38. The third kappa shape index (κ3) is 3.02. The molecule has 2 atom stereocenters. The molecule has 1 saturated heterocycles. The summed E-state index contributed by atoms with van der Waals surface area (Å²) in [6.45, 7) is 0.925. The summed E-state index contributed by atoms with van der Waals surface area (Å²) in [5.41, 5.74) is 7.69. The fourth-order valence-electron chi connectivity index (χ4n) is 3.13. The fraction of sp³-hybridized carbons (Fsp3) is 0.444. The van der Waals surface area contributed by atoms with Crippen molar-refractivity contribution in [2.45, 2.75) is 44.2 Å². The van der Waals surface area contributed by atoms with E-state index in [0.29, 0.717) is 6.10 Å². The van der Waals surface area contributed by atoms with Crippen LogP contribution < -0.4 is 5.73 Å². The monoisotopic (exact) mass is 269 g/mol. The normalized spacial score (nSPS) is 20.9. The fourth-order valence-corrected chi connectivity index (χ4v) is 3.13. The van der Waals surface area contributed by atoms with E-state index >= 15 is 0 Å². The van der Waals surface area contributed by atoms with E-state index in [0.717, 1.165) is 19.4 Å². The van der Waals surface area contributed by atoms with Crippen molar-refractivity contribution in [3.8, 4) is 0 Å². The van der Waals surface area contributed by atoms with Crippen molar-refractivity contribution in [3.63, 3.8) is 0 Å². The molecule has 20 heavy (non-hydrogen) atoms. The van der Waals surface area contributed by atoms with Crippen LogP contribution in [-0.2, 0) is 4.74 Å². The van der Waals surface area contributed by atoms with Crippen LogP contribution in [0, 0.1) is 0 Å². The number of benzene rings is 2. The Morgan fingerprint density at radius 1 is 1.10 bits per heavy atom. The van der Waals surface area contributed by atoms with Crippen molar-refractivity contribution in [2.24, 2.45) is 5.73 Å². The van der Waals surface area contributed by atoms with Crippen molar-refractivity contribution in [3.05, 3.63) is 48.0 Å². The largest absolute Gasteiger partial charge is 0.378 e. The number of ether oxygens (including phenoxy) is 1. The van der Waals surface area contributed by atoms with Gasteiger partial charge in [0.2, 0.25) is 0 Å². The second-order valence-corrected chi connectivity index (χ2v) is 5.74. The SMILES string of the molecule is NC(CCC1CCCCO1)c1cccc2ccccc12. The molecular formula is C18H23NO. The lowest BCUT2D eigenvalue weighted by Gasteiger charge is -2.24. The van der Waals surface area contributed by atoms with Gasteiger partial charge in [-0.05, 0) is 48.4 Å². The lowest BCUT2D eigenvalue weighted by Crippen LogP contribution is -2.21. The first-order valence-electron chi connectivity index (χ1n) is 7.69. The zero-order chi connectivity index (χ0) is 13.8. The van der Waals surface area contributed by atoms with Crippen LogP contribution in [0.15, 0.2) is 42.5 Å². The lowest BCUT2D eigenvalue weighted by molar-refractivity contribution is 0.00914. The van der Waals surface area contributed by atoms with Crippen molar-refractivity contribution in [1.29, 1.82) is 0 Å². The van der Waals surface area contributed by atoms with Crippen LogP contribution in [0.5, 0.6) is 0 Å². The number of hydrogen-bond acceptors (Lipinski definition) is 2. The minimum atomic E-state index is 0.103. The average Bonchev–Trinajstić information content (AvgIpc) is 2.53. The van der Waals surface area contributed by atoms with Gasteiger partial charge in [-0.2, -0.15) is 0 Å². The maximum atomic E-state index is 6.42. The van der Waals surface area contributed by atoms with E-state index in [1.807, 2.05) is 0 Å². The molecule has 0 radical (unpaired) electrons. The summed E-state index contributed by atoms with van der Waals surface area (Å²) in [7, 11) is 0. The number of rotatable bonds is 4. The predicted octanol–water partition coefficient (Wildman–Crippen LogP) is 4.19. The van der Waals surface area contributed by atoms with Gasteiger partial charge < -0.3 is 10.5 Å². The second-order valence-electron chi connectivity index (χ2n) is 5.74. The van der Waals surface area contributed by atoms with Crippen molar-refractivity contribution in [1.82, 2.24) is 0 Å². The molecule has 0 amide bonds. The van der Waals surface area contributed by atoms with E-state index in [4.69, 9.17) is 10.5 Å². The van der Waals surface area contributed by atoms with Crippen LogP contribution in [-0.4, -0.2) is 12.7 Å². The van der Waals surface area contributed by atoms with E-state index in [-0.39, 0.29) is 6.04 Å². The van der Waals surface area contributed by atoms with Crippen LogP contribution in [0.4, 0.5) is 0 Å². The summed E-state index contributed by atoms with van der Waals surface area (Å²) in [6, 6.07) is 15.0. The molecule has 0 aliphatic carbocycles. The molecule has 0 bridgehead atoms. The zero-order valence-electron chi connectivity index (χ0n) is 11.9. The Morgan fingerprint density at radius 2 is 1.95 bits per heavy atom. The summed E-state index contributed by atoms with van der Waals surface area (Å²) in [5.74, 6) is 0. The molecule has 1 fully saturated rings. The number of nitrogens with two attached hydrogens (primary N) is 1. The van der Waals surface area contributed by atoms with E-state index < -0.39 is 0 Å². The Morgan fingerprint density at radius 3 is 2.80 bits per heavy atom. The van der Waals surface area contributed by atoms with Crippen LogP contribution in [0.2, 0.25) is 0 Å². The van der Waals surface area contributed by atoms with Gasteiger partial charge in [0, 0.05) is 12.6 Å². The van der Waals surface area contributed by atoms with Gasteiger partial charge in [0.1, 0.15) is 0 Å². The summed E-state index contributed by atoms with van der Waals surface area (Å²) in [4.78, 5) is 0. The Kier molecular flexibility index (Phi) is 4.34. The van der Waals surface area contributed by atoms with Crippen LogP contribution in [0.1, 0.15) is 43.7 Å². The second kappa shape index (κ2) is 6.38. The summed E-state index contributed by atoms with van der Waals surface area (Å²) < 4.78 is 5.80. The molecule has 1 aliphatic heterocycles. The number of fused-ring (bicyclic) bond motifs is 1. The highest BCUT2D eigenvalue weighted by atomic mass is 16.5. The molecule has 2 aromatic carbocycles. The summed E-state index contributed by atoms with van der Waals surface area (Å²) in [6.07, 6.45) is 6.20. The molecule has 0 aromatic heterocycles. The maximum Gasteiger partial charge on any atom is 0.0575 e. The van der Waals surface area contributed by atoms with Crippen LogP contribution in [0.3, 0.4) is 0 Å². The van der Waals surface area contributed by atoms with Gasteiger partial charge in [-0.25, -0.2) is 0 Å². The molecule has 106 valence electrons. The first-order valence-corrected chi connectivity index (χ1v) is 7.69. The molecule has 2 unspecified atom stereocenters. The van der Waals surface area contributed by atoms with Crippen molar-refractivity contribution < 1.29 is 4.74 Å². The molecule has 2 N–H and O–H groups in total. The third-order valence-corrected chi connectivity index (χ3v) is 4.30. The molecule has 1 aliphatic rings. The first-order chi connectivity index (χ1) is 9.84. The topological polar surface area (TPSA) is 35.2 Å². The Labute approximate surface area is 120 Å². The van der Waals surface area contributed by atoms with Crippen LogP contribution >= 0.6 is 0 Å². The predicted molar refractivity (Wildman–Crippen MR) is 83.7 cm³/mol. The highest BCUT2D eigenvalue weighted by Crippen LogP contribution is 2.27. The molecule has 2 aromatic rings. The first kappa shape index (κ1) is 13.6. The quantitative estimate of drug-likeness (QED) is 0.903. The van der Waals surface area contributed by atoms with Gasteiger partial charge in [-0.15, -0.1) is 0 Å². The smallest absolute Gasteiger partial charge is 0.0575 e. The highest BCUT2D eigenvalue weighted by molar-refractivity contribution is 5.86. The van der Waals surface area contributed by atoms with Gasteiger partial charge in [0.15, 0.2) is 0 Å². The molecule has 0 saturated carbocycles. The van der Waals surface area contributed by atoms with E-state index in [2.05, 4.69) is 42.5 Å².